The van der Waals surface area contributed by atoms with Crippen LogP contribution in [0.4, 0.5) is 4.79 Å². The van der Waals surface area contributed by atoms with Crippen LogP contribution < -0.4 is 29.6 Å². The number of fused-ring (bicyclic) bond motifs is 4. The molecule has 4 aliphatic rings. The number of amides is 4. The SMILES string of the molecule is C=C[C@@H]1C[C@]1(NC(=O)[C@@H]1C[C@@H](Oc2c3ccc(OC)cc3nc3c2oc2cc(OC)ccc23)CN1C(=O)[C@@H](NC(=O)OC1CCCC1)C(C)C)C(=O)NS(=O)(=O)C1CC1. The van der Waals surface area contributed by atoms with E-state index in [2.05, 4.69) is 21.9 Å². The van der Waals surface area contributed by atoms with Gasteiger partial charge in [0, 0.05) is 35.2 Å². The number of aromatic nitrogens is 1. The smallest absolute Gasteiger partial charge is 0.408 e. The number of pyridine rings is 1. The van der Waals surface area contributed by atoms with Gasteiger partial charge in [0.25, 0.3) is 5.91 Å². The second-order valence-electron chi connectivity index (χ2n) is 16.3. The number of sulfonamides is 1. The quantitative estimate of drug-likeness (QED) is 0.146. The van der Waals surface area contributed by atoms with Gasteiger partial charge in [0.1, 0.15) is 52.4 Å². The van der Waals surface area contributed by atoms with Gasteiger partial charge in [-0.05, 0) is 75.1 Å². The number of likely N-dealkylation sites (tertiary alicyclic amines) is 1. The molecule has 0 bridgehead atoms. The van der Waals surface area contributed by atoms with E-state index in [0.29, 0.717) is 63.1 Å². The van der Waals surface area contributed by atoms with Crippen LogP contribution in [0.3, 0.4) is 0 Å². The van der Waals surface area contributed by atoms with E-state index in [4.69, 9.17) is 28.3 Å². The molecule has 0 spiro atoms. The van der Waals surface area contributed by atoms with Gasteiger partial charge in [-0.2, -0.15) is 0 Å². The first-order chi connectivity index (χ1) is 28.2. The highest BCUT2D eigenvalue weighted by molar-refractivity contribution is 7.91. The number of carbonyl (C=O) groups excluding carboxylic acids is 4. The minimum Gasteiger partial charge on any atom is -0.497 e. The lowest BCUT2D eigenvalue weighted by atomic mass is 10.0. The predicted molar refractivity (Wildman–Crippen MR) is 216 cm³/mol. The number of nitrogens with zero attached hydrogens (tertiary/aromatic N) is 2. The molecule has 59 heavy (non-hydrogen) atoms. The van der Waals surface area contributed by atoms with E-state index in [-0.39, 0.29) is 25.5 Å². The minimum atomic E-state index is -3.93. The van der Waals surface area contributed by atoms with Gasteiger partial charge in [0.2, 0.25) is 21.8 Å². The molecule has 0 radical (unpaired) electrons. The van der Waals surface area contributed by atoms with Crippen LogP contribution in [0, 0.1) is 11.8 Å². The summed E-state index contributed by atoms with van der Waals surface area (Å²) in [6.45, 7) is 7.27. The zero-order chi connectivity index (χ0) is 41.8. The molecule has 8 rings (SSSR count). The first-order valence-electron chi connectivity index (χ1n) is 20.1. The van der Waals surface area contributed by atoms with Crippen LogP contribution in [0.15, 0.2) is 53.5 Å². The topological polar surface area (TPSA) is 205 Å². The average molecular weight is 832 g/mol. The Morgan fingerprint density at radius 2 is 1.68 bits per heavy atom. The standard InChI is InChI=1S/C42H49N5O11S/c1-6-23-20-42(23,40(50)46-59(52,53)28-13-14-28)45-38(48)32-18-27(21-47(32)39(49)34(22(2)3)44-41(51)57-24-9-7-8-10-24)56-36-29-15-11-25(54-4)17-31(29)43-35-30-16-12-26(55-5)19-33(30)58-37(35)36/h6,11-12,15-17,19,22-24,27-28,32,34H,1,7-10,13-14,18,20-21H2,2-5H3,(H,44,51)(H,45,48)(H,46,50)/t23-,27-,32+,34+,42-/m1/s1. The van der Waals surface area contributed by atoms with Gasteiger partial charge < -0.3 is 38.9 Å². The normalized spacial score (nSPS) is 23.6. The van der Waals surface area contributed by atoms with Crippen molar-refractivity contribution in [1.29, 1.82) is 0 Å². The maximum Gasteiger partial charge on any atom is 0.408 e. The van der Waals surface area contributed by atoms with Crippen LogP contribution in [0.5, 0.6) is 17.2 Å². The number of hydrogen-bond donors (Lipinski definition) is 3. The molecule has 3 heterocycles. The van der Waals surface area contributed by atoms with Gasteiger partial charge >= 0.3 is 6.09 Å². The van der Waals surface area contributed by atoms with E-state index in [1.807, 2.05) is 6.07 Å². The summed E-state index contributed by atoms with van der Waals surface area (Å²) in [5.74, 6) is -1.57. The fourth-order valence-corrected chi connectivity index (χ4v) is 9.67. The van der Waals surface area contributed by atoms with E-state index in [9.17, 15) is 27.6 Å². The van der Waals surface area contributed by atoms with E-state index in [0.717, 1.165) is 25.7 Å². The summed E-state index contributed by atoms with van der Waals surface area (Å²) in [5, 5.41) is 6.20. The molecule has 16 nitrogen and oxygen atoms in total. The van der Waals surface area contributed by atoms with E-state index in [1.54, 1.807) is 58.4 Å². The minimum absolute atomic E-state index is 0.0265. The maximum atomic E-state index is 14.6. The van der Waals surface area contributed by atoms with Gasteiger partial charge in [0.15, 0.2) is 11.3 Å². The Labute approximate surface area is 341 Å². The van der Waals surface area contributed by atoms with Crippen molar-refractivity contribution in [2.75, 3.05) is 20.8 Å². The second kappa shape index (κ2) is 15.5. The fourth-order valence-electron chi connectivity index (χ4n) is 8.31. The van der Waals surface area contributed by atoms with Crippen LogP contribution in [-0.2, 0) is 29.1 Å². The van der Waals surface area contributed by atoms with Crippen molar-refractivity contribution in [3.05, 3.63) is 49.1 Å². The Bertz CT molecular complexity index is 2460. The van der Waals surface area contributed by atoms with E-state index >= 15 is 0 Å². The first-order valence-corrected chi connectivity index (χ1v) is 21.6. The third kappa shape index (κ3) is 7.72. The van der Waals surface area contributed by atoms with Crippen molar-refractivity contribution in [1.82, 2.24) is 25.2 Å². The van der Waals surface area contributed by atoms with Crippen molar-refractivity contribution in [3.63, 3.8) is 0 Å². The number of furan rings is 1. The van der Waals surface area contributed by atoms with Gasteiger partial charge in [-0.1, -0.05) is 19.9 Å². The number of hydrogen-bond acceptors (Lipinski definition) is 12. The molecule has 2 aromatic heterocycles. The molecule has 17 heteroatoms. The molecule has 1 aliphatic heterocycles. The third-order valence-electron chi connectivity index (χ3n) is 11.9. The van der Waals surface area contributed by atoms with Crippen LogP contribution in [0.1, 0.15) is 65.2 Å². The van der Waals surface area contributed by atoms with Crippen molar-refractivity contribution in [3.8, 4) is 17.2 Å². The third-order valence-corrected chi connectivity index (χ3v) is 13.7. The molecule has 3 aliphatic carbocycles. The summed E-state index contributed by atoms with van der Waals surface area (Å²) in [4.78, 5) is 62.2. The maximum absolute atomic E-state index is 14.6. The average Bonchev–Trinajstić information content (AvgIpc) is 4.04. The lowest BCUT2D eigenvalue weighted by molar-refractivity contribution is -0.141. The first kappa shape index (κ1) is 40.2. The highest BCUT2D eigenvalue weighted by atomic mass is 32.2. The Hall–Kier alpha value is -5.58. The number of methoxy groups -OCH3 is 2. The Morgan fingerprint density at radius 1 is 0.983 bits per heavy atom. The summed E-state index contributed by atoms with van der Waals surface area (Å²) in [7, 11) is -0.820. The zero-order valence-electron chi connectivity index (χ0n) is 33.4. The molecule has 2 aromatic carbocycles. The second-order valence-corrected chi connectivity index (χ2v) is 18.3. The number of nitrogens with one attached hydrogen (secondary N) is 3. The van der Waals surface area contributed by atoms with Gasteiger partial charge in [-0.25, -0.2) is 18.2 Å². The zero-order valence-corrected chi connectivity index (χ0v) is 34.3. The Morgan fingerprint density at radius 3 is 2.32 bits per heavy atom. The molecular formula is C42H49N5O11S. The molecule has 4 fully saturated rings. The van der Waals surface area contributed by atoms with Crippen molar-refractivity contribution < 1.29 is 51.0 Å². The molecule has 3 N–H and O–H groups in total. The van der Waals surface area contributed by atoms with Crippen LogP contribution in [0.25, 0.3) is 33.0 Å². The number of carbonyl (C=O) groups is 4. The van der Waals surface area contributed by atoms with Gasteiger partial charge in [-0.3, -0.25) is 19.1 Å². The molecule has 4 aromatic rings. The summed E-state index contributed by atoms with van der Waals surface area (Å²) in [6, 6.07) is 8.44. The number of ether oxygens (including phenoxy) is 4. The Kier molecular flexibility index (Phi) is 10.6. The summed E-state index contributed by atoms with van der Waals surface area (Å²) in [6.07, 6.45) is 4.10. The molecular weight excluding hydrogens is 783 g/mol. The molecule has 1 saturated heterocycles. The fraction of sp³-hybridized carbons (Fsp3) is 0.500. The summed E-state index contributed by atoms with van der Waals surface area (Å²) >= 11 is 0. The molecule has 0 unspecified atom stereocenters. The van der Waals surface area contributed by atoms with Crippen molar-refractivity contribution in [2.24, 2.45) is 11.8 Å². The molecule has 4 amide bonds. The molecule has 3 saturated carbocycles. The number of alkyl carbamates (subject to hydrolysis) is 1. The van der Waals surface area contributed by atoms with Crippen LogP contribution in [-0.4, -0.2) is 98.0 Å². The Balaban J connectivity index is 1.14. The van der Waals surface area contributed by atoms with Crippen molar-refractivity contribution >= 4 is 66.8 Å². The summed E-state index contributed by atoms with van der Waals surface area (Å²) in [5.41, 5.74) is 0.322. The number of rotatable bonds is 14. The highest BCUT2D eigenvalue weighted by Gasteiger charge is 2.62. The lowest BCUT2D eigenvalue weighted by Crippen LogP contribution is -2.59. The van der Waals surface area contributed by atoms with E-state index in [1.165, 1.54) is 11.0 Å². The lowest BCUT2D eigenvalue weighted by Gasteiger charge is -2.31. The molecule has 5 atom stereocenters. The monoisotopic (exact) mass is 831 g/mol. The van der Waals surface area contributed by atoms with Gasteiger partial charge in [-0.15, -0.1) is 6.58 Å². The predicted octanol–water partition coefficient (Wildman–Crippen LogP) is 4.86. The van der Waals surface area contributed by atoms with Gasteiger partial charge in [0.05, 0.1) is 31.5 Å². The highest BCUT2D eigenvalue weighted by Crippen LogP contribution is 2.46. The largest absolute Gasteiger partial charge is 0.497 e. The van der Waals surface area contributed by atoms with Crippen LogP contribution >= 0.6 is 0 Å². The summed E-state index contributed by atoms with van der Waals surface area (Å²) < 4.78 is 57.5. The van der Waals surface area contributed by atoms with Crippen LogP contribution in [0.2, 0.25) is 0 Å². The van der Waals surface area contributed by atoms with Crippen molar-refractivity contribution in [2.45, 2.75) is 100 Å². The number of benzene rings is 2. The van der Waals surface area contributed by atoms with E-state index < -0.39 is 74.7 Å². The molecule has 314 valence electrons.